The predicted octanol–water partition coefficient (Wildman–Crippen LogP) is 1.41. The van der Waals surface area contributed by atoms with E-state index in [-0.39, 0.29) is 5.54 Å². The first-order valence-corrected chi connectivity index (χ1v) is 4.26. The Hall–Kier alpha value is -0.0800. The molecule has 2 nitrogen and oxygen atoms in total. The molecule has 1 saturated heterocycles. The first-order chi connectivity index (χ1) is 5.02. The number of nitrogens with one attached hydrogen (secondary N) is 1. The van der Waals surface area contributed by atoms with Gasteiger partial charge in [-0.2, -0.15) is 0 Å². The van der Waals surface area contributed by atoms with Gasteiger partial charge in [0.25, 0.3) is 0 Å². The van der Waals surface area contributed by atoms with Crippen molar-refractivity contribution < 1.29 is 4.74 Å². The number of hydrogen-bond acceptors (Lipinski definition) is 2. The molecule has 0 aromatic carbocycles. The van der Waals surface area contributed by atoms with Crippen molar-refractivity contribution in [1.29, 1.82) is 0 Å². The van der Waals surface area contributed by atoms with Gasteiger partial charge < -0.3 is 10.1 Å². The standard InChI is InChI=1S/C9H19NO/c1-8(2)9(3,7-11-4)5-6-10-8/h10H,5-7H2,1-4H3. The van der Waals surface area contributed by atoms with E-state index in [2.05, 4.69) is 26.1 Å². The Kier molecular flexibility index (Phi) is 2.26. The number of hydrogen-bond donors (Lipinski definition) is 1. The van der Waals surface area contributed by atoms with Gasteiger partial charge in [0.15, 0.2) is 0 Å². The van der Waals surface area contributed by atoms with Gasteiger partial charge in [-0.1, -0.05) is 6.92 Å². The molecular formula is C9H19NO. The smallest absolute Gasteiger partial charge is 0.0533 e. The van der Waals surface area contributed by atoms with Crippen LogP contribution in [0.5, 0.6) is 0 Å². The summed E-state index contributed by atoms with van der Waals surface area (Å²) in [6, 6.07) is 0. The Balaban J connectivity index is 2.68. The van der Waals surface area contributed by atoms with Crippen molar-refractivity contribution in [2.45, 2.75) is 32.7 Å². The third-order valence-corrected chi connectivity index (χ3v) is 3.22. The molecular weight excluding hydrogens is 138 g/mol. The Morgan fingerprint density at radius 3 is 2.36 bits per heavy atom. The molecule has 0 aromatic rings. The van der Waals surface area contributed by atoms with Crippen molar-refractivity contribution in [1.82, 2.24) is 5.32 Å². The average molecular weight is 157 g/mol. The van der Waals surface area contributed by atoms with Gasteiger partial charge in [-0.3, -0.25) is 0 Å². The molecule has 1 N–H and O–H groups in total. The van der Waals surface area contributed by atoms with E-state index in [0.29, 0.717) is 5.41 Å². The second-order valence-corrected chi connectivity index (χ2v) is 4.30. The largest absolute Gasteiger partial charge is 0.384 e. The summed E-state index contributed by atoms with van der Waals surface area (Å²) in [6.07, 6.45) is 1.22. The molecule has 66 valence electrons. The van der Waals surface area contributed by atoms with Crippen molar-refractivity contribution in [3.05, 3.63) is 0 Å². The Morgan fingerprint density at radius 2 is 2.00 bits per heavy atom. The zero-order valence-electron chi connectivity index (χ0n) is 8.03. The van der Waals surface area contributed by atoms with Crippen LogP contribution in [-0.2, 0) is 4.74 Å². The molecule has 1 atom stereocenters. The molecule has 1 unspecified atom stereocenters. The van der Waals surface area contributed by atoms with Crippen LogP contribution in [0.15, 0.2) is 0 Å². The van der Waals surface area contributed by atoms with Gasteiger partial charge in [0.1, 0.15) is 0 Å². The summed E-state index contributed by atoms with van der Waals surface area (Å²) in [5.41, 5.74) is 0.532. The summed E-state index contributed by atoms with van der Waals surface area (Å²) in [7, 11) is 1.78. The van der Waals surface area contributed by atoms with Crippen molar-refractivity contribution >= 4 is 0 Å². The van der Waals surface area contributed by atoms with Crippen molar-refractivity contribution in [3.8, 4) is 0 Å². The maximum absolute atomic E-state index is 5.22. The maximum atomic E-state index is 5.22. The minimum absolute atomic E-state index is 0.225. The van der Waals surface area contributed by atoms with Crippen LogP contribution < -0.4 is 5.32 Å². The second kappa shape index (κ2) is 2.76. The van der Waals surface area contributed by atoms with E-state index in [0.717, 1.165) is 13.2 Å². The van der Waals surface area contributed by atoms with E-state index >= 15 is 0 Å². The van der Waals surface area contributed by atoms with Gasteiger partial charge in [0, 0.05) is 18.1 Å². The summed E-state index contributed by atoms with van der Waals surface area (Å²) in [6.45, 7) is 8.76. The molecule has 1 aliphatic rings. The molecule has 0 spiro atoms. The lowest BCUT2D eigenvalue weighted by atomic mass is 9.75. The molecule has 1 aliphatic heterocycles. The minimum atomic E-state index is 0.225. The van der Waals surface area contributed by atoms with Crippen LogP contribution in [0.2, 0.25) is 0 Å². The highest BCUT2D eigenvalue weighted by molar-refractivity contribution is 5.01. The van der Waals surface area contributed by atoms with E-state index < -0.39 is 0 Å². The lowest BCUT2D eigenvalue weighted by molar-refractivity contribution is 0.0540. The van der Waals surface area contributed by atoms with Crippen LogP contribution in [0.25, 0.3) is 0 Å². The summed E-state index contributed by atoms with van der Waals surface area (Å²) in [5, 5.41) is 3.49. The number of ether oxygens (including phenoxy) is 1. The number of methoxy groups -OCH3 is 1. The summed E-state index contributed by atoms with van der Waals surface area (Å²) >= 11 is 0. The van der Waals surface area contributed by atoms with Crippen molar-refractivity contribution in [2.24, 2.45) is 5.41 Å². The highest BCUT2D eigenvalue weighted by atomic mass is 16.5. The summed E-state index contributed by atoms with van der Waals surface area (Å²) < 4.78 is 5.22. The fraction of sp³-hybridized carbons (Fsp3) is 1.00. The molecule has 1 heterocycles. The van der Waals surface area contributed by atoms with Gasteiger partial charge in [0.05, 0.1) is 6.61 Å². The molecule has 0 radical (unpaired) electrons. The van der Waals surface area contributed by atoms with E-state index in [1.165, 1.54) is 6.42 Å². The fourth-order valence-corrected chi connectivity index (χ4v) is 1.75. The topological polar surface area (TPSA) is 21.3 Å². The molecule has 2 heteroatoms. The predicted molar refractivity (Wildman–Crippen MR) is 46.7 cm³/mol. The second-order valence-electron chi connectivity index (χ2n) is 4.30. The molecule has 11 heavy (non-hydrogen) atoms. The van der Waals surface area contributed by atoms with Gasteiger partial charge in [-0.05, 0) is 26.8 Å². The zero-order chi connectivity index (χ0) is 8.54. The molecule has 0 saturated carbocycles. The Morgan fingerprint density at radius 1 is 1.36 bits per heavy atom. The van der Waals surface area contributed by atoms with Crippen molar-refractivity contribution in [3.63, 3.8) is 0 Å². The highest BCUT2D eigenvalue weighted by Crippen LogP contribution is 2.38. The first kappa shape index (κ1) is 9.01. The van der Waals surface area contributed by atoms with E-state index in [4.69, 9.17) is 4.74 Å². The highest BCUT2D eigenvalue weighted by Gasteiger charge is 2.44. The Bertz CT molecular complexity index is 144. The third-order valence-electron chi connectivity index (χ3n) is 3.22. The minimum Gasteiger partial charge on any atom is -0.384 e. The SMILES string of the molecule is COCC1(C)CCNC1(C)C. The molecule has 0 amide bonds. The van der Waals surface area contributed by atoms with Crippen LogP contribution in [0.4, 0.5) is 0 Å². The van der Waals surface area contributed by atoms with E-state index in [9.17, 15) is 0 Å². The molecule has 1 fully saturated rings. The number of rotatable bonds is 2. The van der Waals surface area contributed by atoms with Crippen LogP contribution in [0.3, 0.4) is 0 Å². The first-order valence-electron chi connectivity index (χ1n) is 4.26. The Labute approximate surface area is 69.3 Å². The molecule has 1 rings (SSSR count). The van der Waals surface area contributed by atoms with Crippen LogP contribution in [0.1, 0.15) is 27.2 Å². The lowest BCUT2D eigenvalue weighted by Crippen LogP contribution is -2.47. The van der Waals surface area contributed by atoms with Crippen LogP contribution in [-0.4, -0.2) is 25.8 Å². The summed E-state index contributed by atoms with van der Waals surface area (Å²) in [5.74, 6) is 0. The van der Waals surface area contributed by atoms with Crippen molar-refractivity contribution in [2.75, 3.05) is 20.3 Å². The van der Waals surface area contributed by atoms with Crippen LogP contribution in [0, 0.1) is 5.41 Å². The van der Waals surface area contributed by atoms with Crippen LogP contribution >= 0.6 is 0 Å². The van der Waals surface area contributed by atoms with Gasteiger partial charge in [0.2, 0.25) is 0 Å². The lowest BCUT2D eigenvalue weighted by Gasteiger charge is -2.37. The molecule has 0 bridgehead atoms. The average Bonchev–Trinajstić information content (AvgIpc) is 2.09. The third kappa shape index (κ3) is 1.42. The van der Waals surface area contributed by atoms with E-state index in [1.807, 2.05) is 0 Å². The normalized spacial score (nSPS) is 36.0. The van der Waals surface area contributed by atoms with Gasteiger partial charge in [-0.25, -0.2) is 0 Å². The monoisotopic (exact) mass is 157 g/mol. The van der Waals surface area contributed by atoms with E-state index in [1.54, 1.807) is 7.11 Å². The fourth-order valence-electron chi connectivity index (χ4n) is 1.75. The molecule has 0 aliphatic carbocycles. The zero-order valence-corrected chi connectivity index (χ0v) is 8.03. The summed E-state index contributed by atoms with van der Waals surface area (Å²) in [4.78, 5) is 0. The van der Waals surface area contributed by atoms with Gasteiger partial charge >= 0.3 is 0 Å². The maximum Gasteiger partial charge on any atom is 0.0533 e. The van der Waals surface area contributed by atoms with Gasteiger partial charge in [-0.15, -0.1) is 0 Å². The molecule has 0 aromatic heterocycles. The quantitative estimate of drug-likeness (QED) is 0.654.